The highest BCUT2D eigenvalue weighted by atomic mass is 16.5. The first kappa shape index (κ1) is 19.5. The van der Waals surface area contributed by atoms with Gasteiger partial charge in [0.1, 0.15) is 12.2 Å². The van der Waals surface area contributed by atoms with E-state index >= 15 is 0 Å². The molecule has 6 nitrogen and oxygen atoms in total. The number of carbonyl (C=O) groups excluding carboxylic acids is 1. The van der Waals surface area contributed by atoms with Gasteiger partial charge >= 0.3 is 11.6 Å². The second-order valence-electron chi connectivity index (χ2n) is 6.35. The van der Waals surface area contributed by atoms with Crippen molar-refractivity contribution in [3.05, 3.63) is 69.1 Å². The summed E-state index contributed by atoms with van der Waals surface area (Å²) in [5.41, 5.74) is 2.88. The number of hydrogen-bond acceptors (Lipinski definition) is 6. The Labute approximate surface area is 162 Å². The van der Waals surface area contributed by atoms with E-state index in [1.165, 1.54) is 13.2 Å². The Balaban J connectivity index is 1.86. The molecule has 0 atom stereocenters. The Morgan fingerprint density at radius 3 is 2.57 bits per heavy atom. The van der Waals surface area contributed by atoms with Gasteiger partial charge in [0.05, 0.1) is 19.3 Å². The maximum absolute atomic E-state index is 12.5. The van der Waals surface area contributed by atoms with Crippen LogP contribution in [0, 0.1) is 13.8 Å². The minimum Gasteiger partial charge on any atom is -0.493 e. The van der Waals surface area contributed by atoms with Crippen molar-refractivity contribution in [2.45, 2.75) is 27.4 Å². The molecule has 0 unspecified atom stereocenters. The van der Waals surface area contributed by atoms with Gasteiger partial charge in [0.25, 0.3) is 0 Å². The van der Waals surface area contributed by atoms with Crippen LogP contribution in [0.2, 0.25) is 0 Å². The van der Waals surface area contributed by atoms with Crippen molar-refractivity contribution in [3.63, 3.8) is 0 Å². The second kappa shape index (κ2) is 8.17. The topological polar surface area (TPSA) is 75.0 Å². The van der Waals surface area contributed by atoms with E-state index in [-0.39, 0.29) is 6.61 Å². The molecule has 0 saturated heterocycles. The van der Waals surface area contributed by atoms with Gasteiger partial charge in [0, 0.05) is 17.0 Å². The lowest BCUT2D eigenvalue weighted by Gasteiger charge is -2.12. The Morgan fingerprint density at radius 1 is 1.07 bits per heavy atom. The average Bonchev–Trinajstić information content (AvgIpc) is 2.69. The van der Waals surface area contributed by atoms with Crippen LogP contribution in [0.15, 0.2) is 45.6 Å². The fourth-order valence-electron chi connectivity index (χ4n) is 2.94. The van der Waals surface area contributed by atoms with Crippen molar-refractivity contribution in [2.24, 2.45) is 0 Å². The number of rotatable bonds is 6. The zero-order valence-electron chi connectivity index (χ0n) is 16.3. The molecule has 0 radical (unpaired) electrons. The van der Waals surface area contributed by atoms with E-state index < -0.39 is 11.6 Å². The number of carbonyl (C=O) groups is 1. The monoisotopic (exact) mass is 382 g/mol. The summed E-state index contributed by atoms with van der Waals surface area (Å²) in [5.74, 6) is 0.487. The summed E-state index contributed by atoms with van der Waals surface area (Å²) >= 11 is 0. The first-order chi connectivity index (χ1) is 13.4. The number of esters is 1. The summed E-state index contributed by atoms with van der Waals surface area (Å²) in [6, 6.07) is 10.00. The SMILES string of the molecule is CCOc1cc(C(=O)OCc2cc(=O)oc3c(C)c(C)ccc23)ccc1OC. The van der Waals surface area contributed by atoms with Crippen LogP contribution >= 0.6 is 0 Å². The van der Waals surface area contributed by atoms with Gasteiger partial charge in [-0.1, -0.05) is 12.1 Å². The van der Waals surface area contributed by atoms with E-state index in [0.29, 0.717) is 34.8 Å². The van der Waals surface area contributed by atoms with E-state index in [1.807, 2.05) is 32.9 Å². The fourth-order valence-corrected chi connectivity index (χ4v) is 2.94. The summed E-state index contributed by atoms with van der Waals surface area (Å²) in [4.78, 5) is 24.4. The van der Waals surface area contributed by atoms with Gasteiger partial charge in [-0.25, -0.2) is 9.59 Å². The molecular formula is C22H22O6. The molecule has 6 heteroatoms. The lowest BCUT2D eigenvalue weighted by atomic mass is 10.0. The summed E-state index contributed by atoms with van der Waals surface area (Å²) in [6.45, 7) is 6.09. The summed E-state index contributed by atoms with van der Waals surface area (Å²) < 4.78 is 21.5. The van der Waals surface area contributed by atoms with Crippen molar-refractivity contribution in [3.8, 4) is 11.5 Å². The van der Waals surface area contributed by atoms with Crippen LogP contribution in [-0.4, -0.2) is 19.7 Å². The van der Waals surface area contributed by atoms with E-state index in [4.69, 9.17) is 18.6 Å². The third-order valence-electron chi connectivity index (χ3n) is 4.58. The minimum absolute atomic E-state index is 0.0422. The molecule has 146 valence electrons. The molecule has 0 aliphatic carbocycles. The van der Waals surface area contributed by atoms with Gasteiger partial charge in [-0.05, 0) is 50.1 Å². The Kier molecular flexibility index (Phi) is 5.68. The summed E-state index contributed by atoms with van der Waals surface area (Å²) in [6.07, 6.45) is 0. The van der Waals surface area contributed by atoms with Crippen LogP contribution in [0.1, 0.15) is 34.0 Å². The highest BCUT2D eigenvalue weighted by Gasteiger charge is 2.15. The smallest absolute Gasteiger partial charge is 0.338 e. The standard InChI is InChI=1S/C22H22O6/c1-5-26-19-10-15(7-9-18(19)25-4)22(24)27-12-16-11-20(23)28-21-14(3)13(2)6-8-17(16)21/h6-11H,5,12H2,1-4H3. The highest BCUT2D eigenvalue weighted by molar-refractivity contribution is 5.90. The van der Waals surface area contributed by atoms with Crippen molar-refractivity contribution < 1.29 is 23.4 Å². The zero-order chi connectivity index (χ0) is 20.3. The Bertz CT molecular complexity index is 1080. The third kappa shape index (κ3) is 3.86. The van der Waals surface area contributed by atoms with Crippen LogP contribution < -0.4 is 15.1 Å². The summed E-state index contributed by atoms with van der Waals surface area (Å²) in [7, 11) is 1.53. The Morgan fingerprint density at radius 2 is 1.86 bits per heavy atom. The molecule has 3 aromatic rings. The zero-order valence-corrected chi connectivity index (χ0v) is 16.3. The first-order valence-corrected chi connectivity index (χ1v) is 8.95. The molecule has 1 aromatic heterocycles. The molecular weight excluding hydrogens is 360 g/mol. The highest BCUT2D eigenvalue weighted by Crippen LogP contribution is 2.29. The minimum atomic E-state index is -0.520. The van der Waals surface area contributed by atoms with Gasteiger partial charge in [0.2, 0.25) is 0 Å². The lowest BCUT2D eigenvalue weighted by Crippen LogP contribution is -2.09. The van der Waals surface area contributed by atoms with Crippen LogP contribution in [0.4, 0.5) is 0 Å². The van der Waals surface area contributed by atoms with Crippen LogP contribution in [-0.2, 0) is 11.3 Å². The van der Waals surface area contributed by atoms with E-state index in [9.17, 15) is 9.59 Å². The largest absolute Gasteiger partial charge is 0.493 e. The van der Waals surface area contributed by atoms with Crippen LogP contribution in [0.25, 0.3) is 11.0 Å². The summed E-state index contributed by atoms with van der Waals surface area (Å²) in [5, 5.41) is 0.750. The molecule has 28 heavy (non-hydrogen) atoms. The fraction of sp³-hybridized carbons (Fsp3) is 0.273. The van der Waals surface area contributed by atoms with E-state index in [1.54, 1.807) is 18.2 Å². The predicted octanol–water partition coefficient (Wildman–Crippen LogP) is 4.17. The number of aryl methyl sites for hydroxylation is 2. The number of fused-ring (bicyclic) bond motifs is 1. The molecule has 2 aromatic carbocycles. The van der Waals surface area contributed by atoms with Crippen molar-refractivity contribution >= 4 is 16.9 Å². The molecule has 0 fully saturated rings. The van der Waals surface area contributed by atoms with Gasteiger partial charge in [-0.3, -0.25) is 0 Å². The predicted molar refractivity (Wildman–Crippen MR) is 105 cm³/mol. The molecule has 1 heterocycles. The molecule has 0 saturated carbocycles. The van der Waals surface area contributed by atoms with Gasteiger partial charge < -0.3 is 18.6 Å². The normalized spacial score (nSPS) is 10.7. The van der Waals surface area contributed by atoms with Crippen LogP contribution in [0.5, 0.6) is 11.5 Å². The van der Waals surface area contributed by atoms with E-state index in [2.05, 4.69) is 0 Å². The first-order valence-electron chi connectivity index (χ1n) is 8.95. The molecule has 0 bridgehead atoms. The number of methoxy groups -OCH3 is 1. The maximum atomic E-state index is 12.5. The Hall–Kier alpha value is -3.28. The number of benzene rings is 2. The van der Waals surface area contributed by atoms with Crippen LogP contribution in [0.3, 0.4) is 0 Å². The molecule has 0 spiro atoms. The lowest BCUT2D eigenvalue weighted by molar-refractivity contribution is 0.0473. The number of ether oxygens (including phenoxy) is 3. The molecule has 0 aliphatic rings. The van der Waals surface area contributed by atoms with Crippen molar-refractivity contribution in [1.29, 1.82) is 0 Å². The third-order valence-corrected chi connectivity index (χ3v) is 4.58. The maximum Gasteiger partial charge on any atom is 0.338 e. The quantitative estimate of drug-likeness (QED) is 0.470. The van der Waals surface area contributed by atoms with Gasteiger partial charge in [-0.2, -0.15) is 0 Å². The molecule has 3 rings (SSSR count). The van der Waals surface area contributed by atoms with Crippen molar-refractivity contribution in [1.82, 2.24) is 0 Å². The molecule has 0 N–H and O–H groups in total. The average molecular weight is 382 g/mol. The molecule has 0 aliphatic heterocycles. The van der Waals surface area contributed by atoms with Crippen molar-refractivity contribution in [2.75, 3.05) is 13.7 Å². The van der Waals surface area contributed by atoms with Gasteiger partial charge in [0.15, 0.2) is 11.5 Å². The molecule has 0 amide bonds. The van der Waals surface area contributed by atoms with E-state index in [0.717, 1.165) is 16.5 Å². The number of hydrogen-bond donors (Lipinski definition) is 0. The van der Waals surface area contributed by atoms with Gasteiger partial charge in [-0.15, -0.1) is 0 Å². The second-order valence-corrected chi connectivity index (χ2v) is 6.35.